The summed E-state index contributed by atoms with van der Waals surface area (Å²) in [5.74, 6) is 0. The minimum atomic E-state index is -2.56. The van der Waals surface area contributed by atoms with Crippen LogP contribution in [0.15, 0.2) is 15.8 Å². The molecule has 0 spiro atoms. The Bertz CT molecular complexity index is 217. The molecule has 1 N–H and O–H groups in total. The summed E-state index contributed by atoms with van der Waals surface area (Å²) in [4.78, 5) is 7.64. The molecular formula is CH2N6O6-2. The van der Waals surface area contributed by atoms with Crippen molar-refractivity contribution in [2.24, 2.45) is 15.8 Å². The van der Waals surface area contributed by atoms with Crippen LogP contribution in [0.1, 0.15) is 0 Å². The largest absolute Gasteiger partial charge is 0.739 e. The predicted octanol–water partition coefficient (Wildman–Crippen LogP) is -0.437. The average molecular weight is 194 g/mol. The van der Waals surface area contributed by atoms with Gasteiger partial charge in [0.05, 0.1) is 5.29 Å². The number of hydroxylamine groups is 3. The molecule has 0 heterocycles. The number of hydrogen-bond donors (Lipinski definition) is 1. The van der Waals surface area contributed by atoms with Gasteiger partial charge in [-0.2, -0.15) is 0 Å². The highest BCUT2D eigenvalue weighted by Crippen LogP contribution is 2.00. The monoisotopic (exact) mass is 194 g/mol. The zero-order valence-corrected chi connectivity index (χ0v) is 5.75. The summed E-state index contributed by atoms with van der Waals surface area (Å²) in [6.45, 7) is 0. The molecule has 0 unspecified atom stereocenters. The summed E-state index contributed by atoms with van der Waals surface area (Å²) >= 11 is 0. The Morgan fingerprint density at radius 1 is 1.23 bits per heavy atom. The number of nitrogens with zero attached hydrogens (tertiary/aromatic N) is 6. The topological polar surface area (TPSA) is 176 Å². The van der Waals surface area contributed by atoms with Gasteiger partial charge in [0.25, 0.3) is 0 Å². The van der Waals surface area contributed by atoms with Crippen molar-refractivity contribution in [3.05, 3.63) is 25.7 Å². The summed E-state index contributed by atoms with van der Waals surface area (Å²) in [6.07, 6.45) is -2.56. The molecule has 0 rings (SSSR count). The molecule has 0 aromatic rings. The van der Waals surface area contributed by atoms with E-state index in [9.17, 15) is 25.7 Å². The highest BCUT2D eigenvalue weighted by Gasteiger charge is 2.35. The lowest BCUT2D eigenvalue weighted by Gasteiger charge is -2.14. The number of nitroso groups, excluding NO2 is 1. The van der Waals surface area contributed by atoms with E-state index in [0.717, 1.165) is 0 Å². The van der Waals surface area contributed by atoms with Crippen molar-refractivity contribution in [1.29, 1.82) is 0 Å². The maximum absolute atomic E-state index is 10.3. The van der Waals surface area contributed by atoms with Crippen LogP contribution in [-0.2, 0) is 0 Å². The highest BCUT2D eigenvalue weighted by molar-refractivity contribution is 4.30. The van der Waals surface area contributed by atoms with E-state index in [-0.39, 0.29) is 0 Å². The van der Waals surface area contributed by atoms with Gasteiger partial charge in [-0.05, 0) is 20.3 Å². The molecule has 0 aliphatic heterocycles. The first-order valence-electron chi connectivity index (χ1n) is 2.49. The Balaban J connectivity index is 4.86. The summed E-state index contributed by atoms with van der Waals surface area (Å²) in [5.41, 5.74) is 0. The van der Waals surface area contributed by atoms with Crippen LogP contribution < -0.4 is 0 Å². The molecule has 13 heavy (non-hydrogen) atoms. The lowest BCUT2D eigenvalue weighted by Crippen LogP contribution is -2.42. The molecular weight excluding hydrogens is 192 g/mol. The van der Waals surface area contributed by atoms with Gasteiger partial charge in [0.1, 0.15) is 0 Å². The fraction of sp³-hybridized carbons (Fsp3) is 1.00. The molecule has 0 aliphatic carbocycles. The van der Waals surface area contributed by atoms with Gasteiger partial charge in [-0.1, -0.05) is 0 Å². The first-order valence-corrected chi connectivity index (χ1v) is 2.49. The van der Waals surface area contributed by atoms with E-state index < -0.39 is 21.2 Å². The molecule has 0 radical (unpaired) electrons. The van der Waals surface area contributed by atoms with Crippen LogP contribution in [0.3, 0.4) is 0 Å². The van der Waals surface area contributed by atoms with Gasteiger partial charge >= 0.3 is 6.29 Å². The third kappa shape index (κ3) is 2.37. The van der Waals surface area contributed by atoms with Gasteiger partial charge in [0, 0.05) is 5.17 Å². The lowest BCUT2D eigenvalue weighted by atomic mass is 10.9. The predicted molar refractivity (Wildman–Crippen MR) is 32.1 cm³/mol. The maximum Gasteiger partial charge on any atom is 0.536 e. The third-order valence-corrected chi connectivity index (χ3v) is 0.846. The smallest absolute Gasteiger partial charge is 0.536 e. The van der Waals surface area contributed by atoms with E-state index in [4.69, 9.17) is 5.21 Å². The highest BCUT2D eigenvalue weighted by atomic mass is 16.7. The Labute approximate surface area is 69.2 Å². The SMILES string of the molecule is O=NN(O)C(/[N+]([O-])=N/[O-])/[N+]([O-])=N/[O-]. The van der Waals surface area contributed by atoms with Crippen LogP contribution in [0.5, 0.6) is 0 Å². The number of hydrogen-bond acceptors (Lipinski definition) is 9. The molecule has 0 saturated carbocycles. The molecule has 0 amide bonds. The Kier molecular flexibility index (Phi) is 3.81. The number of rotatable bonds is 4. The first kappa shape index (κ1) is 10.8. The summed E-state index contributed by atoms with van der Waals surface area (Å²) in [6, 6.07) is 0. The normalized spacial score (nSPS) is 13.1. The van der Waals surface area contributed by atoms with Crippen LogP contribution in [0.2, 0.25) is 0 Å². The van der Waals surface area contributed by atoms with E-state index in [1.807, 2.05) is 0 Å². The van der Waals surface area contributed by atoms with E-state index in [0.29, 0.717) is 0 Å². The Morgan fingerprint density at radius 2 is 1.62 bits per heavy atom. The Morgan fingerprint density at radius 3 is 1.85 bits per heavy atom. The minimum Gasteiger partial charge on any atom is -0.739 e. The molecule has 0 bridgehead atoms. The van der Waals surface area contributed by atoms with Crippen molar-refractivity contribution in [3.8, 4) is 0 Å². The molecule has 74 valence electrons. The second kappa shape index (κ2) is 4.60. The van der Waals surface area contributed by atoms with E-state index >= 15 is 0 Å². The van der Waals surface area contributed by atoms with Crippen LogP contribution in [0.25, 0.3) is 0 Å². The third-order valence-electron chi connectivity index (χ3n) is 0.846. The average Bonchev–Trinajstić information content (AvgIpc) is 2.16. The lowest BCUT2D eigenvalue weighted by molar-refractivity contribution is -0.817. The van der Waals surface area contributed by atoms with Crippen LogP contribution >= 0.6 is 0 Å². The van der Waals surface area contributed by atoms with Gasteiger partial charge in [0.2, 0.25) is 0 Å². The zero-order chi connectivity index (χ0) is 10.4. The van der Waals surface area contributed by atoms with Crippen LogP contribution in [0, 0.1) is 25.7 Å². The quantitative estimate of drug-likeness (QED) is 0.207. The van der Waals surface area contributed by atoms with Crippen molar-refractivity contribution in [2.45, 2.75) is 6.29 Å². The second-order valence-corrected chi connectivity index (χ2v) is 1.52. The molecule has 0 fully saturated rings. The molecule has 0 aliphatic rings. The van der Waals surface area contributed by atoms with Crippen molar-refractivity contribution >= 4 is 0 Å². The fourth-order valence-electron chi connectivity index (χ4n) is 0.388. The molecule has 0 saturated heterocycles. The van der Waals surface area contributed by atoms with E-state index in [1.165, 1.54) is 0 Å². The minimum absolute atomic E-state index is 0.789. The molecule has 12 nitrogen and oxygen atoms in total. The molecule has 0 aromatic heterocycles. The van der Waals surface area contributed by atoms with Gasteiger partial charge in [0.15, 0.2) is 0 Å². The van der Waals surface area contributed by atoms with Crippen LogP contribution in [-0.4, -0.2) is 26.4 Å². The van der Waals surface area contributed by atoms with Gasteiger partial charge in [-0.25, -0.2) is 0 Å². The standard InChI is InChI=1S/CH4N6O6/c8-2-5(11)1(6(12)3-9)7(13)4-10/h1,8-9,13H/p-2/b5-2-,6-3-. The zero-order valence-electron chi connectivity index (χ0n) is 5.75. The summed E-state index contributed by atoms with van der Waals surface area (Å²) in [5, 5.41) is 52.3. The van der Waals surface area contributed by atoms with Crippen molar-refractivity contribution in [2.75, 3.05) is 0 Å². The van der Waals surface area contributed by atoms with Crippen molar-refractivity contribution in [3.63, 3.8) is 0 Å². The van der Waals surface area contributed by atoms with Gasteiger partial charge < -0.3 is 20.8 Å². The van der Waals surface area contributed by atoms with Gasteiger partial charge in [-0.15, -0.1) is 4.91 Å². The molecule has 12 heteroatoms. The molecule has 0 aromatic carbocycles. The summed E-state index contributed by atoms with van der Waals surface area (Å²) < 4.78 is 0. The molecule has 0 atom stereocenters. The van der Waals surface area contributed by atoms with Crippen molar-refractivity contribution in [1.82, 2.24) is 5.17 Å². The van der Waals surface area contributed by atoms with E-state index in [1.54, 1.807) is 15.8 Å². The Hall–Kier alpha value is -2.24. The fourth-order valence-corrected chi connectivity index (χ4v) is 0.388. The second-order valence-electron chi connectivity index (χ2n) is 1.52. The van der Waals surface area contributed by atoms with Gasteiger partial charge in [-0.3, -0.25) is 5.21 Å². The summed E-state index contributed by atoms with van der Waals surface area (Å²) in [7, 11) is 0. The van der Waals surface area contributed by atoms with Crippen LogP contribution in [0.4, 0.5) is 0 Å². The van der Waals surface area contributed by atoms with E-state index in [2.05, 4.69) is 0 Å². The van der Waals surface area contributed by atoms with Crippen molar-refractivity contribution < 1.29 is 14.9 Å². The first-order chi connectivity index (χ1) is 6.08. The maximum atomic E-state index is 10.3.